The first kappa shape index (κ1) is 21.8. The van der Waals surface area contributed by atoms with E-state index in [1.165, 1.54) is 6.92 Å². The predicted molar refractivity (Wildman–Crippen MR) is 100 cm³/mol. The molecule has 1 aromatic carbocycles. The third kappa shape index (κ3) is 4.20. The quantitative estimate of drug-likeness (QED) is 0.703. The van der Waals surface area contributed by atoms with E-state index in [2.05, 4.69) is 5.32 Å². The van der Waals surface area contributed by atoms with Gasteiger partial charge in [0, 0.05) is 31.5 Å². The number of ether oxygens (including phenoxy) is 1. The Labute approximate surface area is 173 Å². The number of fused-ring (bicyclic) bond motifs is 3. The van der Waals surface area contributed by atoms with Gasteiger partial charge < -0.3 is 24.5 Å². The van der Waals surface area contributed by atoms with Gasteiger partial charge in [-0.2, -0.15) is 13.2 Å². The van der Waals surface area contributed by atoms with Gasteiger partial charge in [0.2, 0.25) is 5.76 Å². The number of aliphatic hydroxyl groups is 1. The van der Waals surface area contributed by atoms with Gasteiger partial charge in [0.05, 0.1) is 23.4 Å². The van der Waals surface area contributed by atoms with Gasteiger partial charge in [-0.05, 0) is 31.5 Å². The maximum atomic E-state index is 15.1. The van der Waals surface area contributed by atoms with E-state index in [0.29, 0.717) is 0 Å². The number of hydrogen-bond acceptors (Lipinski definition) is 5. The molecule has 6 nitrogen and oxygen atoms in total. The van der Waals surface area contributed by atoms with Gasteiger partial charge >= 0.3 is 6.18 Å². The Morgan fingerprint density at radius 1 is 1.29 bits per heavy atom. The number of nitrogens with one attached hydrogen (secondary N) is 1. The molecule has 2 aromatic rings. The van der Waals surface area contributed by atoms with Crippen molar-refractivity contribution < 1.29 is 41.0 Å². The molecule has 31 heavy (non-hydrogen) atoms. The van der Waals surface area contributed by atoms with Crippen LogP contribution in [0.3, 0.4) is 0 Å². The molecule has 11 heteroatoms. The summed E-state index contributed by atoms with van der Waals surface area (Å²) in [5.41, 5.74) is -2.41. The van der Waals surface area contributed by atoms with Crippen LogP contribution in [0.15, 0.2) is 22.6 Å². The largest absolute Gasteiger partial charge is 0.449 e. The third-order valence-corrected chi connectivity index (χ3v) is 5.64. The molecule has 4 rings (SSSR count). The molecule has 2 unspecified atom stereocenters. The van der Waals surface area contributed by atoms with E-state index in [-0.39, 0.29) is 55.0 Å². The van der Waals surface area contributed by atoms with Crippen LogP contribution >= 0.6 is 0 Å². The first-order valence-corrected chi connectivity index (χ1v) is 9.76. The van der Waals surface area contributed by atoms with Crippen molar-refractivity contribution in [3.8, 4) is 0 Å². The maximum Gasteiger partial charge on any atom is 0.416 e. The van der Waals surface area contributed by atoms with Crippen molar-refractivity contribution in [1.82, 2.24) is 5.32 Å². The van der Waals surface area contributed by atoms with Gasteiger partial charge in [-0.25, -0.2) is 8.78 Å². The van der Waals surface area contributed by atoms with Crippen molar-refractivity contribution in [2.24, 2.45) is 0 Å². The van der Waals surface area contributed by atoms with Crippen molar-refractivity contribution in [2.75, 3.05) is 31.1 Å². The van der Waals surface area contributed by atoms with E-state index in [1.54, 1.807) is 0 Å². The van der Waals surface area contributed by atoms with E-state index in [4.69, 9.17) is 9.15 Å². The van der Waals surface area contributed by atoms with Crippen LogP contribution in [-0.2, 0) is 10.9 Å². The molecule has 2 atom stereocenters. The molecule has 3 heterocycles. The van der Waals surface area contributed by atoms with Crippen molar-refractivity contribution in [2.45, 2.75) is 43.6 Å². The summed E-state index contributed by atoms with van der Waals surface area (Å²) in [6, 6.07) is 2.67. The van der Waals surface area contributed by atoms with Gasteiger partial charge in [-0.15, -0.1) is 0 Å². The highest BCUT2D eigenvalue weighted by Gasteiger charge is 2.48. The van der Waals surface area contributed by atoms with Crippen LogP contribution in [0.25, 0.3) is 11.0 Å². The maximum absolute atomic E-state index is 15.1. The summed E-state index contributed by atoms with van der Waals surface area (Å²) in [4.78, 5) is 13.5. The zero-order chi connectivity index (χ0) is 22.6. The lowest BCUT2D eigenvalue weighted by atomic mass is 9.89. The molecule has 1 aromatic heterocycles. The highest BCUT2D eigenvalue weighted by Crippen LogP contribution is 2.41. The van der Waals surface area contributed by atoms with Crippen LogP contribution in [0.4, 0.5) is 27.6 Å². The SMILES string of the molecule is CC1(O)CCOC(C(F)(F)CN2CCNC(=O)c3oc4ccc(C(F)(F)F)cc4c32)C1. The molecular formula is C20H21F5N2O4. The minimum Gasteiger partial charge on any atom is -0.449 e. The molecule has 1 saturated heterocycles. The average molecular weight is 448 g/mol. The molecule has 0 aliphatic carbocycles. The van der Waals surface area contributed by atoms with Gasteiger partial charge in [0.15, 0.2) is 0 Å². The molecular weight excluding hydrogens is 427 g/mol. The van der Waals surface area contributed by atoms with Gasteiger partial charge in [-0.1, -0.05) is 0 Å². The zero-order valence-corrected chi connectivity index (χ0v) is 16.6. The predicted octanol–water partition coefficient (Wildman–Crippen LogP) is 3.57. The third-order valence-electron chi connectivity index (χ3n) is 5.64. The molecule has 1 amide bonds. The summed E-state index contributed by atoms with van der Waals surface area (Å²) in [5, 5.41) is 12.6. The Kier molecular flexibility index (Phi) is 5.16. The molecule has 1 fully saturated rings. The van der Waals surface area contributed by atoms with Crippen LogP contribution < -0.4 is 10.2 Å². The lowest BCUT2D eigenvalue weighted by Gasteiger charge is -2.39. The van der Waals surface area contributed by atoms with Gasteiger partial charge in [0.1, 0.15) is 11.7 Å². The second-order valence-corrected chi connectivity index (χ2v) is 8.24. The van der Waals surface area contributed by atoms with E-state index in [9.17, 15) is 23.1 Å². The summed E-state index contributed by atoms with van der Waals surface area (Å²) in [7, 11) is 0. The fraction of sp³-hybridized carbons (Fsp3) is 0.550. The Morgan fingerprint density at radius 2 is 2.03 bits per heavy atom. The fourth-order valence-electron chi connectivity index (χ4n) is 3.99. The average Bonchev–Trinajstić information content (AvgIpc) is 2.97. The van der Waals surface area contributed by atoms with Crippen molar-refractivity contribution in [1.29, 1.82) is 0 Å². The number of carbonyl (C=O) groups excluding carboxylic acids is 1. The number of carbonyl (C=O) groups is 1. The molecule has 0 saturated carbocycles. The van der Waals surface area contributed by atoms with Crippen molar-refractivity contribution in [3.05, 3.63) is 29.5 Å². The minimum atomic E-state index is -4.65. The highest BCUT2D eigenvalue weighted by molar-refractivity contribution is 6.07. The summed E-state index contributed by atoms with van der Waals surface area (Å²) in [6.07, 6.45) is -6.29. The van der Waals surface area contributed by atoms with Gasteiger partial charge in [-0.3, -0.25) is 4.79 Å². The first-order valence-electron chi connectivity index (χ1n) is 9.76. The topological polar surface area (TPSA) is 74.9 Å². The molecule has 2 N–H and O–H groups in total. The Hall–Kier alpha value is -2.40. The van der Waals surface area contributed by atoms with Crippen molar-refractivity contribution >= 4 is 22.6 Å². The van der Waals surface area contributed by atoms with Crippen LogP contribution in [0, 0.1) is 0 Å². The standard InChI is InChI=1S/C20H21F5N2O4/c1-18(29)4-7-30-14(9-18)19(21,22)10-27-6-5-26-17(28)16-15(27)12-8-11(20(23,24)25)2-3-13(12)31-16/h2-3,8,14,29H,4-7,9-10H2,1H3,(H,26,28). The number of anilines is 1. The Balaban J connectivity index is 1.74. The van der Waals surface area contributed by atoms with Crippen LogP contribution in [0.1, 0.15) is 35.9 Å². The zero-order valence-electron chi connectivity index (χ0n) is 16.6. The Bertz CT molecular complexity index is 1000. The number of benzene rings is 1. The van der Waals surface area contributed by atoms with E-state index in [0.717, 1.165) is 23.1 Å². The normalized spacial score (nSPS) is 25.3. The minimum absolute atomic E-state index is 0.00279. The van der Waals surface area contributed by atoms with E-state index < -0.39 is 41.8 Å². The number of alkyl halides is 5. The second kappa shape index (κ2) is 7.33. The Morgan fingerprint density at radius 3 is 2.71 bits per heavy atom. The number of rotatable bonds is 3. The molecule has 2 aliphatic rings. The highest BCUT2D eigenvalue weighted by atomic mass is 19.4. The summed E-state index contributed by atoms with van der Waals surface area (Å²) < 4.78 is 80.6. The lowest BCUT2D eigenvalue weighted by molar-refractivity contribution is -0.186. The smallest absolute Gasteiger partial charge is 0.416 e. The van der Waals surface area contributed by atoms with E-state index >= 15 is 8.78 Å². The number of amides is 1. The fourth-order valence-corrected chi connectivity index (χ4v) is 3.99. The van der Waals surface area contributed by atoms with Gasteiger partial charge in [0.25, 0.3) is 11.8 Å². The molecule has 2 aliphatic heterocycles. The summed E-state index contributed by atoms with van der Waals surface area (Å²) in [5.74, 6) is -4.46. The summed E-state index contributed by atoms with van der Waals surface area (Å²) in [6.45, 7) is 0.432. The molecule has 0 bridgehead atoms. The van der Waals surface area contributed by atoms with Crippen molar-refractivity contribution in [3.63, 3.8) is 0 Å². The number of nitrogens with zero attached hydrogens (tertiary/aromatic N) is 1. The monoisotopic (exact) mass is 448 g/mol. The van der Waals surface area contributed by atoms with Crippen LogP contribution in [-0.4, -0.2) is 54.9 Å². The first-order chi connectivity index (χ1) is 14.4. The molecule has 0 spiro atoms. The number of hydrogen-bond donors (Lipinski definition) is 2. The number of furan rings is 1. The molecule has 170 valence electrons. The lowest BCUT2D eigenvalue weighted by Crippen LogP contribution is -2.52. The van der Waals surface area contributed by atoms with Crippen LogP contribution in [0.5, 0.6) is 0 Å². The summed E-state index contributed by atoms with van der Waals surface area (Å²) >= 11 is 0. The number of halogens is 5. The molecule has 0 radical (unpaired) electrons. The van der Waals surface area contributed by atoms with Crippen LogP contribution in [0.2, 0.25) is 0 Å². The second-order valence-electron chi connectivity index (χ2n) is 8.24. The van der Waals surface area contributed by atoms with E-state index in [1.807, 2.05) is 0 Å².